The zero-order valence-corrected chi connectivity index (χ0v) is 21.3. The van der Waals surface area contributed by atoms with Crippen molar-refractivity contribution in [2.24, 2.45) is 0 Å². The number of ether oxygens (including phenoxy) is 2. The maximum Gasteiger partial charge on any atom is 0.360 e. The molecule has 1 saturated heterocycles. The number of hydrogen-bond acceptors (Lipinski definition) is 7. The van der Waals surface area contributed by atoms with Crippen molar-refractivity contribution in [1.29, 1.82) is 0 Å². The molecule has 1 amide bonds. The van der Waals surface area contributed by atoms with Gasteiger partial charge in [-0.3, -0.25) is 4.79 Å². The lowest BCUT2D eigenvalue weighted by atomic mass is 10.0. The summed E-state index contributed by atoms with van der Waals surface area (Å²) in [5, 5.41) is 0.610. The molecular weight excluding hydrogens is 480 g/mol. The van der Waals surface area contributed by atoms with E-state index >= 15 is 0 Å². The summed E-state index contributed by atoms with van der Waals surface area (Å²) in [6, 6.07) is 9.32. The van der Waals surface area contributed by atoms with Crippen molar-refractivity contribution in [3.63, 3.8) is 0 Å². The molecule has 1 fully saturated rings. The van der Waals surface area contributed by atoms with E-state index in [9.17, 15) is 9.59 Å². The SMILES string of the molecule is CCOC(=O)c1nc2cc(C)c(C)cc2nc1N1CCN(C(=O)C2=COc3ccc(Cl)cc3C2)CC1. The van der Waals surface area contributed by atoms with Gasteiger partial charge in [0.1, 0.15) is 12.0 Å². The topological polar surface area (TPSA) is 84.9 Å². The van der Waals surface area contributed by atoms with Crippen LogP contribution in [0.4, 0.5) is 5.82 Å². The highest BCUT2D eigenvalue weighted by molar-refractivity contribution is 6.30. The second kappa shape index (κ2) is 9.78. The summed E-state index contributed by atoms with van der Waals surface area (Å²) in [4.78, 5) is 39.2. The van der Waals surface area contributed by atoms with Crippen molar-refractivity contribution in [3.05, 3.63) is 69.6 Å². The number of esters is 1. The van der Waals surface area contributed by atoms with Gasteiger partial charge >= 0.3 is 5.97 Å². The Morgan fingerprint density at radius 1 is 1.03 bits per heavy atom. The number of aryl methyl sites for hydroxylation is 2. The molecule has 0 N–H and O–H groups in total. The predicted octanol–water partition coefficient (Wildman–Crippen LogP) is 4.24. The standard InChI is InChI=1S/C27H27ClN4O4/c1-4-35-27(34)24-25(30-22-12-17(3)16(2)11-21(22)29-24)31-7-9-32(10-8-31)26(33)19-13-18-14-20(28)5-6-23(18)36-15-19/h5-6,11-12,14-15H,4,7-10,13H2,1-3H3. The number of halogens is 1. The van der Waals surface area contributed by atoms with Gasteiger partial charge in [0, 0.05) is 43.2 Å². The summed E-state index contributed by atoms with van der Waals surface area (Å²) < 4.78 is 10.9. The van der Waals surface area contributed by atoms with Crippen LogP contribution in [0, 0.1) is 13.8 Å². The first kappa shape index (κ1) is 24.1. The number of amides is 1. The summed E-state index contributed by atoms with van der Waals surface area (Å²) in [6.45, 7) is 8.03. The van der Waals surface area contributed by atoms with Crippen molar-refractivity contribution < 1.29 is 19.1 Å². The molecule has 2 aromatic carbocycles. The Morgan fingerprint density at radius 3 is 2.42 bits per heavy atom. The van der Waals surface area contributed by atoms with Gasteiger partial charge in [-0.25, -0.2) is 14.8 Å². The van der Waals surface area contributed by atoms with Gasteiger partial charge in [-0.05, 0) is 62.2 Å². The Balaban J connectivity index is 1.35. The third kappa shape index (κ3) is 4.60. The second-order valence-electron chi connectivity index (χ2n) is 9.01. The Labute approximate surface area is 214 Å². The summed E-state index contributed by atoms with van der Waals surface area (Å²) in [5.41, 5.74) is 5.24. The van der Waals surface area contributed by atoms with Crippen LogP contribution in [0.5, 0.6) is 5.75 Å². The van der Waals surface area contributed by atoms with E-state index in [2.05, 4.69) is 4.98 Å². The van der Waals surface area contributed by atoms with E-state index < -0.39 is 5.97 Å². The lowest BCUT2D eigenvalue weighted by molar-refractivity contribution is -0.127. The van der Waals surface area contributed by atoms with Crippen LogP contribution in [0.25, 0.3) is 11.0 Å². The lowest BCUT2D eigenvalue weighted by Gasteiger charge is -2.36. The molecule has 186 valence electrons. The maximum absolute atomic E-state index is 13.2. The fourth-order valence-electron chi connectivity index (χ4n) is 4.49. The normalized spacial score (nSPS) is 15.3. The number of anilines is 1. The Hall–Kier alpha value is -3.65. The minimum atomic E-state index is -0.500. The van der Waals surface area contributed by atoms with Gasteiger partial charge in [0.2, 0.25) is 0 Å². The highest BCUT2D eigenvalue weighted by Gasteiger charge is 2.30. The van der Waals surface area contributed by atoms with Crippen molar-refractivity contribution in [1.82, 2.24) is 14.9 Å². The van der Waals surface area contributed by atoms with Gasteiger partial charge in [0.05, 0.1) is 23.2 Å². The van der Waals surface area contributed by atoms with Gasteiger partial charge in [0.15, 0.2) is 11.5 Å². The van der Waals surface area contributed by atoms with Crippen LogP contribution >= 0.6 is 11.6 Å². The van der Waals surface area contributed by atoms with Gasteiger partial charge < -0.3 is 19.3 Å². The van der Waals surface area contributed by atoms with Gasteiger partial charge in [-0.15, -0.1) is 0 Å². The average molecular weight is 507 g/mol. The molecular formula is C27H27ClN4O4. The predicted molar refractivity (Wildman–Crippen MR) is 138 cm³/mol. The first-order valence-corrected chi connectivity index (χ1v) is 12.4. The van der Waals surface area contributed by atoms with Crippen LogP contribution in [0.3, 0.4) is 0 Å². The van der Waals surface area contributed by atoms with E-state index in [0.29, 0.717) is 60.3 Å². The van der Waals surface area contributed by atoms with Gasteiger partial charge in [-0.1, -0.05) is 11.6 Å². The first-order valence-electron chi connectivity index (χ1n) is 12.0. The van der Waals surface area contributed by atoms with E-state index in [1.165, 1.54) is 6.26 Å². The molecule has 2 aliphatic rings. The number of hydrogen-bond donors (Lipinski definition) is 0. The highest BCUT2D eigenvalue weighted by Crippen LogP contribution is 2.30. The zero-order chi connectivity index (χ0) is 25.4. The summed E-state index contributed by atoms with van der Waals surface area (Å²) in [7, 11) is 0. The number of piperazine rings is 1. The van der Waals surface area contributed by atoms with Crippen LogP contribution in [-0.2, 0) is 16.0 Å². The Kier molecular flexibility index (Phi) is 6.53. The van der Waals surface area contributed by atoms with Crippen molar-refractivity contribution >= 4 is 40.3 Å². The number of benzene rings is 2. The minimum Gasteiger partial charge on any atom is -0.464 e. The second-order valence-corrected chi connectivity index (χ2v) is 9.45. The maximum atomic E-state index is 13.2. The third-order valence-corrected chi connectivity index (χ3v) is 6.84. The Bertz CT molecular complexity index is 1400. The quantitative estimate of drug-likeness (QED) is 0.489. The average Bonchev–Trinajstić information content (AvgIpc) is 2.88. The lowest BCUT2D eigenvalue weighted by Crippen LogP contribution is -2.50. The smallest absolute Gasteiger partial charge is 0.360 e. The van der Waals surface area contributed by atoms with Crippen molar-refractivity contribution in [2.75, 3.05) is 37.7 Å². The van der Waals surface area contributed by atoms with E-state index in [-0.39, 0.29) is 18.2 Å². The van der Waals surface area contributed by atoms with Gasteiger partial charge in [-0.2, -0.15) is 0 Å². The first-order chi connectivity index (χ1) is 17.3. The van der Waals surface area contributed by atoms with Crippen LogP contribution < -0.4 is 9.64 Å². The molecule has 0 unspecified atom stereocenters. The molecule has 5 rings (SSSR count). The minimum absolute atomic E-state index is 0.0680. The number of rotatable bonds is 4. The number of aromatic nitrogens is 2. The third-order valence-electron chi connectivity index (χ3n) is 6.60. The summed E-state index contributed by atoms with van der Waals surface area (Å²) in [6.07, 6.45) is 2.00. The molecule has 0 spiro atoms. The monoisotopic (exact) mass is 506 g/mol. The van der Waals surface area contributed by atoms with Crippen LogP contribution in [0.1, 0.15) is 34.1 Å². The zero-order valence-electron chi connectivity index (χ0n) is 20.5. The molecule has 9 heteroatoms. The van der Waals surface area contributed by atoms with E-state index in [1.54, 1.807) is 17.9 Å². The molecule has 0 atom stereocenters. The number of fused-ring (bicyclic) bond motifs is 2. The molecule has 0 saturated carbocycles. The molecule has 8 nitrogen and oxygen atoms in total. The molecule has 2 aliphatic heterocycles. The van der Waals surface area contributed by atoms with E-state index in [1.807, 2.05) is 43.0 Å². The number of nitrogens with zero attached hydrogens (tertiary/aromatic N) is 4. The Morgan fingerprint density at radius 2 is 1.72 bits per heavy atom. The van der Waals surface area contributed by atoms with Crippen molar-refractivity contribution in [3.8, 4) is 5.75 Å². The largest absolute Gasteiger partial charge is 0.464 e. The fourth-order valence-corrected chi connectivity index (χ4v) is 4.69. The van der Waals surface area contributed by atoms with E-state index in [4.69, 9.17) is 26.1 Å². The van der Waals surface area contributed by atoms with Crippen LogP contribution in [0.2, 0.25) is 5.02 Å². The molecule has 3 aromatic rings. The molecule has 0 radical (unpaired) electrons. The molecule has 36 heavy (non-hydrogen) atoms. The van der Waals surface area contributed by atoms with Crippen LogP contribution in [-0.4, -0.2) is 59.5 Å². The number of carbonyl (C=O) groups excluding carboxylic acids is 2. The molecule has 0 bridgehead atoms. The number of carbonyl (C=O) groups is 2. The molecule has 0 aliphatic carbocycles. The summed E-state index contributed by atoms with van der Waals surface area (Å²) >= 11 is 6.11. The van der Waals surface area contributed by atoms with E-state index in [0.717, 1.165) is 22.2 Å². The fraction of sp³-hybridized carbons (Fsp3) is 0.333. The molecule has 1 aromatic heterocycles. The van der Waals surface area contributed by atoms with Crippen molar-refractivity contribution in [2.45, 2.75) is 27.2 Å². The summed E-state index contributed by atoms with van der Waals surface area (Å²) in [5.74, 6) is 0.634. The van der Waals surface area contributed by atoms with Crippen LogP contribution in [0.15, 0.2) is 42.2 Å². The van der Waals surface area contributed by atoms with Gasteiger partial charge in [0.25, 0.3) is 5.91 Å². The highest BCUT2D eigenvalue weighted by atomic mass is 35.5. The molecule has 3 heterocycles.